The van der Waals surface area contributed by atoms with E-state index in [0.29, 0.717) is 5.57 Å². The lowest BCUT2D eigenvalue weighted by atomic mass is 9.57. The molecule has 0 amide bonds. The molecule has 5 nitrogen and oxygen atoms in total. The summed E-state index contributed by atoms with van der Waals surface area (Å²) in [5.41, 5.74) is 6.16. The standard InChI is InChI=1S/C18H23N5/c1-4-6-23-7-5-13-14(8-19)17(22)18(10-20,11-21)16(12(2)3)15(13)9-23/h5,12,15-16H,4,6-7,9,22H2,1-3H3/t15-,16-/m0/s1. The van der Waals surface area contributed by atoms with Gasteiger partial charge in [0.15, 0.2) is 5.41 Å². The summed E-state index contributed by atoms with van der Waals surface area (Å²) in [6, 6.07) is 6.45. The molecule has 0 aromatic carbocycles. The van der Waals surface area contributed by atoms with Gasteiger partial charge in [-0.25, -0.2) is 0 Å². The number of rotatable bonds is 3. The Kier molecular flexibility index (Phi) is 4.79. The Hall–Kier alpha value is -2.29. The summed E-state index contributed by atoms with van der Waals surface area (Å²) in [4.78, 5) is 2.32. The first-order valence-electron chi connectivity index (χ1n) is 8.12. The normalized spacial score (nSPS) is 26.7. The zero-order valence-corrected chi connectivity index (χ0v) is 14.0. The maximum absolute atomic E-state index is 9.77. The summed E-state index contributed by atoms with van der Waals surface area (Å²) in [5, 5.41) is 29.1. The molecule has 0 aromatic rings. The molecule has 5 heteroatoms. The predicted molar refractivity (Wildman–Crippen MR) is 87.1 cm³/mol. The Bertz CT molecular complexity index is 651. The van der Waals surface area contributed by atoms with Gasteiger partial charge in [-0.2, -0.15) is 15.8 Å². The molecule has 1 aliphatic heterocycles. The fraction of sp³-hybridized carbons (Fsp3) is 0.611. The van der Waals surface area contributed by atoms with Crippen LogP contribution in [0.2, 0.25) is 0 Å². The smallest absolute Gasteiger partial charge is 0.187 e. The molecule has 120 valence electrons. The predicted octanol–water partition coefficient (Wildman–Crippen LogP) is 2.31. The summed E-state index contributed by atoms with van der Waals surface area (Å²) in [5.74, 6) is -0.0971. The van der Waals surface area contributed by atoms with Crippen LogP contribution in [-0.2, 0) is 0 Å². The minimum atomic E-state index is -1.42. The van der Waals surface area contributed by atoms with E-state index in [9.17, 15) is 15.8 Å². The van der Waals surface area contributed by atoms with Gasteiger partial charge in [0, 0.05) is 24.9 Å². The molecule has 0 radical (unpaired) electrons. The number of nitriles is 3. The molecular formula is C18H23N5. The van der Waals surface area contributed by atoms with Gasteiger partial charge in [0.2, 0.25) is 0 Å². The molecule has 1 heterocycles. The number of allylic oxidation sites excluding steroid dienone is 2. The van der Waals surface area contributed by atoms with E-state index in [-0.39, 0.29) is 23.5 Å². The second kappa shape index (κ2) is 6.45. The molecule has 2 rings (SSSR count). The summed E-state index contributed by atoms with van der Waals surface area (Å²) >= 11 is 0. The minimum Gasteiger partial charge on any atom is -0.399 e. The van der Waals surface area contributed by atoms with Crippen molar-refractivity contribution in [1.82, 2.24) is 4.90 Å². The topological polar surface area (TPSA) is 101 Å². The lowest BCUT2D eigenvalue weighted by molar-refractivity contribution is 0.131. The zero-order chi connectivity index (χ0) is 17.2. The molecule has 2 aliphatic rings. The second-order valence-electron chi connectivity index (χ2n) is 6.73. The lowest BCUT2D eigenvalue weighted by Crippen LogP contribution is -2.51. The summed E-state index contributed by atoms with van der Waals surface area (Å²) in [6.45, 7) is 8.71. The monoisotopic (exact) mass is 309 g/mol. The Labute approximate surface area is 138 Å². The first-order valence-corrected chi connectivity index (χ1v) is 8.12. The van der Waals surface area contributed by atoms with E-state index in [2.05, 4.69) is 36.1 Å². The number of nitrogens with two attached hydrogens (primary N) is 1. The third kappa shape index (κ3) is 2.50. The van der Waals surface area contributed by atoms with Gasteiger partial charge in [0.25, 0.3) is 0 Å². The molecule has 0 aromatic heterocycles. The fourth-order valence-electron chi connectivity index (χ4n) is 4.14. The molecule has 0 saturated carbocycles. The molecular weight excluding hydrogens is 286 g/mol. The first kappa shape index (κ1) is 17.1. The van der Waals surface area contributed by atoms with Crippen LogP contribution in [0.15, 0.2) is 22.9 Å². The van der Waals surface area contributed by atoms with E-state index in [4.69, 9.17) is 5.73 Å². The molecule has 0 unspecified atom stereocenters. The SMILES string of the molecule is CCCN1CC=C2C(C#N)=C(N)C(C#N)(C#N)[C@@H](C(C)C)[C@H]2C1. The van der Waals surface area contributed by atoms with Crippen molar-refractivity contribution in [2.45, 2.75) is 27.2 Å². The Balaban J connectivity index is 2.66. The van der Waals surface area contributed by atoms with Crippen LogP contribution in [0.5, 0.6) is 0 Å². The molecule has 2 N–H and O–H groups in total. The van der Waals surface area contributed by atoms with Crippen LogP contribution in [0.3, 0.4) is 0 Å². The van der Waals surface area contributed by atoms with Crippen molar-refractivity contribution in [1.29, 1.82) is 15.8 Å². The Morgan fingerprint density at radius 1 is 1.35 bits per heavy atom. The fourth-order valence-corrected chi connectivity index (χ4v) is 4.14. The number of fused-ring (bicyclic) bond motifs is 1. The van der Waals surface area contributed by atoms with Crippen molar-refractivity contribution < 1.29 is 0 Å². The third-order valence-electron chi connectivity index (χ3n) is 5.06. The van der Waals surface area contributed by atoms with Crippen LogP contribution in [-0.4, -0.2) is 24.5 Å². The van der Waals surface area contributed by atoms with Crippen LogP contribution in [0.4, 0.5) is 0 Å². The molecule has 0 bridgehead atoms. The highest BCUT2D eigenvalue weighted by Gasteiger charge is 2.54. The van der Waals surface area contributed by atoms with Gasteiger partial charge in [-0.1, -0.05) is 26.8 Å². The van der Waals surface area contributed by atoms with Crippen LogP contribution in [0, 0.1) is 57.2 Å². The van der Waals surface area contributed by atoms with Crippen molar-refractivity contribution in [3.8, 4) is 18.2 Å². The van der Waals surface area contributed by atoms with Gasteiger partial charge < -0.3 is 5.73 Å². The van der Waals surface area contributed by atoms with Crippen molar-refractivity contribution >= 4 is 0 Å². The average molecular weight is 309 g/mol. The van der Waals surface area contributed by atoms with E-state index in [0.717, 1.165) is 31.6 Å². The number of nitrogens with zero attached hydrogens (tertiary/aromatic N) is 4. The lowest BCUT2D eigenvalue weighted by Gasteiger charge is -2.47. The molecule has 0 saturated heterocycles. The van der Waals surface area contributed by atoms with Crippen molar-refractivity contribution in [2.75, 3.05) is 19.6 Å². The first-order chi connectivity index (χ1) is 11.0. The maximum atomic E-state index is 9.77. The quantitative estimate of drug-likeness (QED) is 0.862. The van der Waals surface area contributed by atoms with Gasteiger partial charge in [0.05, 0.1) is 23.4 Å². The van der Waals surface area contributed by atoms with Crippen molar-refractivity contribution in [2.24, 2.45) is 28.9 Å². The number of hydrogen-bond donors (Lipinski definition) is 1. The molecule has 0 fully saturated rings. The highest BCUT2D eigenvalue weighted by molar-refractivity contribution is 5.56. The van der Waals surface area contributed by atoms with E-state index in [1.807, 2.05) is 13.8 Å². The highest BCUT2D eigenvalue weighted by atomic mass is 15.1. The third-order valence-corrected chi connectivity index (χ3v) is 5.06. The Morgan fingerprint density at radius 2 is 2.00 bits per heavy atom. The van der Waals surface area contributed by atoms with Gasteiger partial charge >= 0.3 is 0 Å². The van der Waals surface area contributed by atoms with Crippen LogP contribution >= 0.6 is 0 Å². The van der Waals surface area contributed by atoms with Gasteiger partial charge in [0.1, 0.15) is 6.07 Å². The molecule has 1 aliphatic carbocycles. The van der Waals surface area contributed by atoms with Crippen molar-refractivity contribution in [3.05, 3.63) is 22.9 Å². The maximum Gasteiger partial charge on any atom is 0.187 e. The number of hydrogen-bond acceptors (Lipinski definition) is 5. The minimum absolute atomic E-state index is 0.00319. The van der Waals surface area contributed by atoms with Gasteiger partial charge in [-0.15, -0.1) is 0 Å². The van der Waals surface area contributed by atoms with Crippen LogP contribution in [0.1, 0.15) is 27.2 Å². The van der Waals surface area contributed by atoms with E-state index < -0.39 is 5.41 Å². The second-order valence-corrected chi connectivity index (χ2v) is 6.73. The van der Waals surface area contributed by atoms with Crippen molar-refractivity contribution in [3.63, 3.8) is 0 Å². The molecule has 2 atom stereocenters. The summed E-state index contributed by atoms with van der Waals surface area (Å²) < 4.78 is 0. The largest absolute Gasteiger partial charge is 0.399 e. The van der Waals surface area contributed by atoms with E-state index >= 15 is 0 Å². The average Bonchev–Trinajstić information content (AvgIpc) is 2.54. The van der Waals surface area contributed by atoms with Gasteiger partial charge in [-0.3, -0.25) is 4.90 Å². The summed E-state index contributed by atoms with van der Waals surface area (Å²) in [6.07, 6.45) is 3.11. The highest BCUT2D eigenvalue weighted by Crippen LogP contribution is 2.51. The molecule has 0 spiro atoms. The van der Waals surface area contributed by atoms with E-state index in [1.165, 1.54) is 0 Å². The van der Waals surface area contributed by atoms with E-state index in [1.54, 1.807) is 0 Å². The van der Waals surface area contributed by atoms with Crippen LogP contribution in [0.25, 0.3) is 0 Å². The Morgan fingerprint density at radius 3 is 2.48 bits per heavy atom. The summed E-state index contributed by atoms with van der Waals surface area (Å²) in [7, 11) is 0. The zero-order valence-electron chi connectivity index (χ0n) is 14.0. The van der Waals surface area contributed by atoms with Crippen LogP contribution < -0.4 is 5.73 Å². The molecule has 23 heavy (non-hydrogen) atoms. The van der Waals surface area contributed by atoms with Gasteiger partial charge in [-0.05, 0) is 24.5 Å².